The van der Waals surface area contributed by atoms with E-state index in [2.05, 4.69) is 5.16 Å². The number of aliphatic carboxylic acids is 2. The van der Waals surface area contributed by atoms with Crippen LogP contribution in [0.15, 0.2) is 47.6 Å². The molecular weight excluding hydrogens is 381 g/mol. The van der Waals surface area contributed by atoms with Gasteiger partial charge in [-0.1, -0.05) is 23.4 Å². The number of halogens is 1. The number of phenolic OH excluding ortho intramolecular Hbond substituents is 1. The lowest BCUT2D eigenvalue weighted by Gasteiger charge is -2.46. The van der Waals surface area contributed by atoms with Gasteiger partial charge in [-0.2, -0.15) is 0 Å². The largest absolute Gasteiger partial charge is 0.508 e. The van der Waals surface area contributed by atoms with Crippen molar-refractivity contribution in [3.8, 4) is 5.75 Å². The summed E-state index contributed by atoms with van der Waals surface area (Å²) in [4.78, 5) is 29.2. The lowest BCUT2D eigenvalue weighted by atomic mass is 9.55. The average molecular weight is 399 g/mol. The van der Waals surface area contributed by atoms with Crippen LogP contribution in [0.1, 0.15) is 34.9 Å². The number of carbonyl (C=O) groups is 2. The van der Waals surface area contributed by atoms with Gasteiger partial charge < -0.3 is 20.2 Å². The zero-order valence-electron chi connectivity index (χ0n) is 15.2. The molecule has 2 aromatic carbocycles. The van der Waals surface area contributed by atoms with Gasteiger partial charge in [-0.05, 0) is 47.4 Å². The maximum atomic E-state index is 13.0. The van der Waals surface area contributed by atoms with Gasteiger partial charge in [-0.15, -0.1) is 0 Å². The number of carboxylic acids is 2. The standard InChI is InChI=1S/C21H18FNO6/c22-11-3-1-10(2-4-11)9-29-23-16-8-15-13-6-5-12(24)7-14(13)17(16)19(21(27)28)18(15)20(25)26/h1-7,15,17-19,24H,8-9H2,(H,25,26)(H,27,28). The summed E-state index contributed by atoms with van der Waals surface area (Å²) in [5, 5.41) is 33.5. The van der Waals surface area contributed by atoms with E-state index < -0.39 is 35.6 Å². The molecule has 2 bridgehead atoms. The number of rotatable bonds is 5. The Morgan fingerprint density at radius 1 is 1.03 bits per heavy atom. The number of phenols is 1. The van der Waals surface area contributed by atoms with E-state index in [1.165, 1.54) is 24.3 Å². The fourth-order valence-electron chi connectivity index (χ4n) is 4.48. The Hall–Kier alpha value is -3.42. The van der Waals surface area contributed by atoms with Crippen LogP contribution < -0.4 is 0 Å². The maximum Gasteiger partial charge on any atom is 0.308 e. The quantitative estimate of drug-likeness (QED) is 0.666. The van der Waals surface area contributed by atoms with Gasteiger partial charge in [-0.25, -0.2) is 4.39 Å². The molecule has 0 spiro atoms. The molecule has 0 aromatic heterocycles. The molecule has 29 heavy (non-hydrogen) atoms. The van der Waals surface area contributed by atoms with Crippen LogP contribution >= 0.6 is 0 Å². The number of carboxylic acid groups (broad SMARTS) is 2. The van der Waals surface area contributed by atoms with E-state index in [1.54, 1.807) is 18.2 Å². The van der Waals surface area contributed by atoms with Crippen molar-refractivity contribution in [2.75, 3.05) is 0 Å². The van der Waals surface area contributed by atoms with Crippen LogP contribution in [0.25, 0.3) is 0 Å². The summed E-state index contributed by atoms with van der Waals surface area (Å²) in [7, 11) is 0. The smallest absolute Gasteiger partial charge is 0.308 e. The Kier molecular flexibility index (Phi) is 4.70. The SMILES string of the molecule is O=C(O)C1C2CC(=NOCc3ccc(F)cc3)C(c3cc(O)ccc32)C1C(=O)O. The second kappa shape index (κ2) is 7.20. The molecule has 3 N–H and O–H groups in total. The van der Waals surface area contributed by atoms with Crippen molar-refractivity contribution in [1.29, 1.82) is 0 Å². The molecule has 0 saturated heterocycles. The van der Waals surface area contributed by atoms with E-state index in [4.69, 9.17) is 4.84 Å². The summed E-state index contributed by atoms with van der Waals surface area (Å²) in [6, 6.07) is 10.3. The highest BCUT2D eigenvalue weighted by Gasteiger charge is 2.56. The minimum absolute atomic E-state index is 0.0288. The van der Waals surface area contributed by atoms with E-state index in [1.807, 2.05) is 0 Å². The van der Waals surface area contributed by atoms with Crippen molar-refractivity contribution in [2.45, 2.75) is 24.9 Å². The Morgan fingerprint density at radius 3 is 2.38 bits per heavy atom. The number of nitrogens with zero attached hydrogens (tertiary/aromatic N) is 1. The molecule has 0 aliphatic heterocycles. The fraction of sp³-hybridized carbons (Fsp3) is 0.286. The zero-order valence-corrected chi connectivity index (χ0v) is 15.2. The van der Waals surface area contributed by atoms with Crippen LogP contribution in [0.3, 0.4) is 0 Å². The molecule has 3 aliphatic rings. The number of fused-ring (bicyclic) bond motifs is 2. The second-order valence-corrected chi connectivity index (χ2v) is 7.31. The first-order valence-electron chi connectivity index (χ1n) is 9.08. The van der Waals surface area contributed by atoms with E-state index in [0.29, 0.717) is 16.8 Å². The van der Waals surface area contributed by atoms with Crippen LogP contribution in [-0.4, -0.2) is 33.0 Å². The Morgan fingerprint density at radius 2 is 1.72 bits per heavy atom. The van der Waals surface area contributed by atoms with E-state index in [-0.39, 0.29) is 24.6 Å². The van der Waals surface area contributed by atoms with E-state index in [9.17, 15) is 29.3 Å². The highest BCUT2D eigenvalue weighted by molar-refractivity contribution is 6.01. The molecule has 4 atom stereocenters. The van der Waals surface area contributed by atoms with Crippen molar-refractivity contribution in [2.24, 2.45) is 17.0 Å². The lowest BCUT2D eigenvalue weighted by molar-refractivity contribution is -0.156. The van der Waals surface area contributed by atoms with Crippen LogP contribution in [0.5, 0.6) is 5.75 Å². The molecular formula is C21H18FNO6. The predicted octanol–water partition coefficient (Wildman–Crippen LogP) is 3.09. The Labute approximate surface area is 165 Å². The third kappa shape index (κ3) is 3.30. The zero-order chi connectivity index (χ0) is 20.7. The molecule has 2 aromatic rings. The van der Waals surface area contributed by atoms with Crippen molar-refractivity contribution < 1.29 is 34.1 Å². The van der Waals surface area contributed by atoms with Gasteiger partial charge in [-0.3, -0.25) is 9.59 Å². The molecule has 8 heteroatoms. The summed E-state index contributed by atoms with van der Waals surface area (Å²) >= 11 is 0. The third-order valence-electron chi connectivity index (χ3n) is 5.67. The summed E-state index contributed by atoms with van der Waals surface area (Å²) in [6.07, 6.45) is 0.257. The fourth-order valence-corrected chi connectivity index (χ4v) is 4.48. The first kappa shape index (κ1) is 18.9. The van der Waals surface area contributed by atoms with Crippen LogP contribution in [-0.2, 0) is 21.0 Å². The summed E-state index contributed by atoms with van der Waals surface area (Å²) in [5.74, 6) is -6.50. The first-order valence-corrected chi connectivity index (χ1v) is 9.08. The van der Waals surface area contributed by atoms with Crippen molar-refractivity contribution in [3.63, 3.8) is 0 Å². The summed E-state index contributed by atoms with van der Waals surface area (Å²) in [5.41, 5.74) is 2.40. The van der Waals surface area contributed by atoms with Crippen molar-refractivity contribution in [3.05, 3.63) is 65.0 Å². The average Bonchev–Trinajstić information content (AvgIpc) is 2.68. The van der Waals surface area contributed by atoms with Crippen LogP contribution in [0, 0.1) is 17.7 Å². The molecule has 0 amide bonds. The molecule has 4 unspecified atom stereocenters. The minimum Gasteiger partial charge on any atom is -0.508 e. The minimum atomic E-state index is -1.23. The van der Waals surface area contributed by atoms with Crippen LogP contribution in [0.2, 0.25) is 0 Å². The summed E-state index contributed by atoms with van der Waals surface area (Å²) < 4.78 is 13.0. The molecule has 1 saturated carbocycles. The molecule has 5 rings (SSSR count). The Balaban J connectivity index is 1.69. The molecule has 7 nitrogen and oxygen atoms in total. The van der Waals surface area contributed by atoms with Gasteiger partial charge in [0.1, 0.15) is 18.2 Å². The number of benzene rings is 2. The Bertz CT molecular complexity index is 1000. The molecule has 3 aliphatic carbocycles. The van der Waals surface area contributed by atoms with Gasteiger partial charge in [0.15, 0.2) is 0 Å². The normalized spacial score (nSPS) is 26.2. The first-order chi connectivity index (χ1) is 13.9. The third-order valence-corrected chi connectivity index (χ3v) is 5.67. The molecule has 1 fully saturated rings. The molecule has 0 radical (unpaired) electrons. The van der Waals surface area contributed by atoms with Crippen molar-refractivity contribution in [1.82, 2.24) is 0 Å². The monoisotopic (exact) mass is 399 g/mol. The molecule has 0 heterocycles. The maximum absolute atomic E-state index is 13.0. The number of aromatic hydroxyl groups is 1. The highest BCUT2D eigenvalue weighted by Crippen LogP contribution is 2.55. The topological polar surface area (TPSA) is 116 Å². The van der Waals surface area contributed by atoms with Crippen molar-refractivity contribution >= 4 is 17.7 Å². The highest BCUT2D eigenvalue weighted by atomic mass is 19.1. The van der Waals surface area contributed by atoms with Gasteiger partial charge in [0.2, 0.25) is 0 Å². The van der Waals surface area contributed by atoms with Gasteiger partial charge >= 0.3 is 11.9 Å². The number of hydrogen-bond acceptors (Lipinski definition) is 5. The van der Waals surface area contributed by atoms with Gasteiger partial charge in [0.05, 0.1) is 17.5 Å². The van der Waals surface area contributed by atoms with E-state index >= 15 is 0 Å². The lowest BCUT2D eigenvalue weighted by Crippen LogP contribution is -2.49. The molecule has 150 valence electrons. The number of oxime groups is 1. The van der Waals surface area contributed by atoms with Gasteiger partial charge in [0, 0.05) is 11.8 Å². The predicted molar refractivity (Wildman–Crippen MR) is 99.1 cm³/mol. The summed E-state index contributed by atoms with van der Waals surface area (Å²) in [6.45, 7) is 0.0637. The van der Waals surface area contributed by atoms with Gasteiger partial charge in [0.25, 0.3) is 0 Å². The number of hydrogen-bond donors (Lipinski definition) is 3. The van der Waals surface area contributed by atoms with Crippen LogP contribution in [0.4, 0.5) is 4.39 Å². The second-order valence-electron chi connectivity index (χ2n) is 7.31. The van der Waals surface area contributed by atoms with E-state index in [0.717, 1.165) is 5.56 Å².